The third-order valence-corrected chi connectivity index (χ3v) is 5.37. The van der Waals surface area contributed by atoms with Crippen LogP contribution >= 0.6 is 11.8 Å². The van der Waals surface area contributed by atoms with Crippen LogP contribution in [-0.4, -0.2) is 22.5 Å². The van der Waals surface area contributed by atoms with Gasteiger partial charge >= 0.3 is 0 Å². The molecule has 1 N–H and O–H groups in total. The molecule has 1 aliphatic rings. The zero-order valence-electron chi connectivity index (χ0n) is 12.0. The van der Waals surface area contributed by atoms with Gasteiger partial charge in [-0.3, -0.25) is 4.98 Å². The number of aromatic nitrogens is 1. The minimum atomic E-state index is 0.673. The fourth-order valence-corrected chi connectivity index (χ4v) is 3.70. The predicted octanol–water partition coefficient (Wildman–Crippen LogP) is 4.00. The predicted molar refractivity (Wildman–Crippen MR) is 88.1 cm³/mol. The van der Waals surface area contributed by atoms with Crippen LogP contribution in [0.2, 0.25) is 0 Å². The third kappa shape index (κ3) is 3.33. The lowest BCUT2D eigenvalue weighted by Gasteiger charge is -2.28. The van der Waals surface area contributed by atoms with Crippen molar-refractivity contribution in [3.63, 3.8) is 0 Å². The number of para-hydroxylation sites is 1. The minimum Gasteiger partial charge on any atom is -0.308 e. The molecule has 1 aromatic heterocycles. The van der Waals surface area contributed by atoms with Crippen LogP contribution in [0.3, 0.4) is 0 Å². The van der Waals surface area contributed by atoms with E-state index >= 15 is 0 Å². The van der Waals surface area contributed by atoms with Crippen molar-refractivity contribution in [3.05, 3.63) is 42.1 Å². The van der Waals surface area contributed by atoms with Crippen LogP contribution in [-0.2, 0) is 6.54 Å². The van der Waals surface area contributed by atoms with Gasteiger partial charge in [-0.1, -0.05) is 24.3 Å². The molecule has 0 radical (unpaired) electrons. The van der Waals surface area contributed by atoms with Gasteiger partial charge in [-0.2, -0.15) is 11.8 Å². The summed E-state index contributed by atoms with van der Waals surface area (Å²) in [6.45, 7) is 0.888. The number of nitrogens with one attached hydrogen (secondary N) is 1. The Morgan fingerprint density at radius 2 is 1.90 bits per heavy atom. The number of benzene rings is 1. The van der Waals surface area contributed by atoms with Gasteiger partial charge in [-0.15, -0.1) is 0 Å². The lowest BCUT2D eigenvalue weighted by atomic mass is 9.95. The van der Waals surface area contributed by atoms with Crippen LogP contribution < -0.4 is 5.32 Å². The van der Waals surface area contributed by atoms with Crippen molar-refractivity contribution in [1.82, 2.24) is 10.3 Å². The van der Waals surface area contributed by atoms with Gasteiger partial charge in [0.25, 0.3) is 0 Å². The van der Waals surface area contributed by atoms with Gasteiger partial charge in [-0.05, 0) is 44.1 Å². The molecular formula is C17H22N2S. The molecule has 1 heterocycles. The average molecular weight is 286 g/mol. The number of thioether (sulfide) groups is 1. The highest BCUT2D eigenvalue weighted by molar-refractivity contribution is 7.99. The van der Waals surface area contributed by atoms with Gasteiger partial charge in [0, 0.05) is 23.2 Å². The molecule has 0 saturated heterocycles. The maximum Gasteiger partial charge on any atom is 0.0705 e. The highest BCUT2D eigenvalue weighted by Crippen LogP contribution is 2.26. The van der Waals surface area contributed by atoms with Gasteiger partial charge in [0.2, 0.25) is 0 Å². The van der Waals surface area contributed by atoms with Crippen LogP contribution in [0.5, 0.6) is 0 Å². The molecule has 20 heavy (non-hydrogen) atoms. The molecule has 3 rings (SSSR count). The molecule has 106 valence electrons. The Morgan fingerprint density at radius 3 is 2.70 bits per heavy atom. The first kappa shape index (κ1) is 13.9. The summed E-state index contributed by atoms with van der Waals surface area (Å²) in [5.74, 6) is 0. The van der Waals surface area contributed by atoms with Gasteiger partial charge in [0.05, 0.1) is 11.2 Å². The fraction of sp³-hybridized carbons (Fsp3) is 0.471. The van der Waals surface area contributed by atoms with Crippen molar-refractivity contribution in [1.29, 1.82) is 0 Å². The summed E-state index contributed by atoms with van der Waals surface area (Å²) in [4.78, 5) is 4.72. The Balaban J connectivity index is 1.57. The molecule has 0 aliphatic heterocycles. The van der Waals surface area contributed by atoms with Crippen LogP contribution in [0.25, 0.3) is 10.9 Å². The van der Waals surface area contributed by atoms with Gasteiger partial charge in [-0.25, -0.2) is 0 Å². The monoisotopic (exact) mass is 286 g/mol. The standard InChI is InChI=1S/C17H22N2S/c1-20-16-10-8-14(9-11-16)18-12-15-7-6-13-4-2-3-5-17(13)19-15/h2-7,14,16,18H,8-12H2,1H3. The first-order chi connectivity index (χ1) is 9.85. The molecule has 3 heteroatoms. The zero-order chi connectivity index (χ0) is 13.8. The normalized spacial score (nSPS) is 23.1. The first-order valence-corrected chi connectivity index (χ1v) is 8.75. The number of pyridine rings is 1. The Bertz CT molecular complexity index is 562. The molecular weight excluding hydrogens is 264 g/mol. The summed E-state index contributed by atoms with van der Waals surface area (Å²) in [7, 11) is 0. The fourth-order valence-electron chi connectivity index (χ4n) is 2.96. The summed E-state index contributed by atoms with van der Waals surface area (Å²) in [5, 5.41) is 5.78. The Kier molecular flexibility index (Phi) is 4.58. The van der Waals surface area contributed by atoms with E-state index < -0.39 is 0 Å². The molecule has 0 atom stereocenters. The largest absolute Gasteiger partial charge is 0.308 e. The molecule has 0 bridgehead atoms. The smallest absolute Gasteiger partial charge is 0.0705 e. The summed E-state index contributed by atoms with van der Waals surface area (Å²) >= 11 is 2.02. The van der Waals surface area contributed by atoms with E-state index in [0.29, 0.717) is 6.04 Å². The van der Waals surface area contributed by atoms with E-state index in [4.69, 9.17) is 4.98 Å². The molecule has 2 aromatic rings. The minimum absolute atomic E-state index is 0.673. The van der Waals surface area contributed by atoms with Crippen molar-refractivity contribution in [2.24, 2.45) is 0 Å². The molecule has 0 unspecified atom stereocenters. The molecule has 1 fully saturated rings. The van der Waals surface area contributed by atoms with Crippen LogP contribution in [0.1, 0.15) is 31.4 Å². The second kappa shape index (κ2) is 6.59. The van der Waals surface area contributed by atoms with Crippen molar-refractivity contribution in [2.45, 2.75) is 43.5 Å². The zero-order valence-corrected chi connectivity index (χ0v) is 12.8. The third-order valence-electron chi connectivity index (χ3n) is 4.24. The van der Waals surface area contributed by atoms with E-state index in [1.807, 2.05) is 11.8 Å². The average Bonchev–Trinajstić information content (AvgIpc) is 2.53. The summed E-state index contributed by atoms with van der Waals surface area (Å²) in [6.07, 6.45) is 7.55. The van der Waals surface area contributed by atoms with Gasteiger partial charge < -0.3 is 5.32 Å². The maximum absolute atomic E-state index is 4.72. The SMILES string of the molecule is CSC1CCC(NCc2ccc3ccccc3n2)CC1. The number of nitrogens with zero attached hydrogens (tertiary/aromatic N) is 1. The molecule has 1 saturated carbocycles. The summed E-state index contributed by atoms with van der Waals surface area (Å²) in [6, 6.07) is 13.3. The van der Waals surface area contributed by atoms with Crippen LogP contribution in [0, 0.1) is 0 Å². The molecule has 1 aromatic carbocycles. The molecule has 2 nitrogen and oxygen atoms in total. The Morgan fingerprint density at radius 1 is 1.10 bits per heavy atom. The highest BCUT2D eigenvalue weighted by Gasteiger charge is 2.19. The molecule has 0 spiro atoms. The van der Waals surface area contributed by atoms with E-state index in [1.54, 1.807) is 0 Å². The first-order valence-electron chi connectivity index (χ1n) is 7.46. The van der Waals surface area contributed by atoms with Crippen molar-refractivity contribution in [3.8, 4) is 0 Å². The maximum atomic E-state index is 4.72. The van der Waals surface area contributed by atoms with E-state index in [9.17, 15) is 0 Å². The lowest BCUT2D eigenvalue weighted by Crippen LogP contribution is -2.33. The Hall–Kier alpha value is -1.06. The van der Waals surface area contributed by atoms with Gasteiger partial charge in [0.1, 0.15) is 0 Å². The molecule has 1 aliphatic carbocycles. The lowest BCUT2D eigenvalue weighted by molar-refractivity contribution is 0.377. The van der Waals surface area contributed by atoms with E-state index in [-0.39, 0.29) is 0 Å². The Labute approximate surface area is 125 Å². The quantitative estimate of drug-likeness (QED) is 0.919. The highest BCUT2D eigenvalue weighted by atomic mass is 32.2. The summed E-state index contributed by atoms with van der Waals surface area (Å²) < 4.78 is 0. The number of fused-ring (bicyclic) bond motifs is 1. The van der Waals surface area contributed by atoms with Crippen molar-refractivity contribution in [2.75, 3.05) is 6.26 Å². The van der Waals surface area contributed by atoms with E-state index in [0.717, 1.165) is 23.0 Å². The second-order valence-corrected chi connectivity index (χ2v) is 6.72. The number of rotatable bonds is 4. The van der Waals surface area contributed by atoms with Gasteiger partial charge in [0.15, 0.2) is 0 Å². The number of hydrogen-bond donors (Lipinski definition) is 1. The van der Waals surface area contributed by atoms with E-state index in [2.05, 4.69) is 48.0 Å². The second-order valence-electron chi connectivity index (χ2n) is 5.59. The van der Waals surface area contributed by atoms with E-state index in [1.165, 1.54) is 31.1 Å². The summed E-state index contributed by atoms with van der Waals surface area (Å²) in [5.41, 5.74) is 2.24. The number of hydrogen-bond acceptors (Lipinski definition) is 3. The van der Waals surface area contributed by atoms with Crippen LogP contribution in [0.4, 0.5) is 0 Å². The topological polar surface area (TPSA) is 24.9 Å². The van der Waals surface area contributed by atoms with Crippen molar-refractivity contribution < 1.29 is 0 Å². The van der Waals surface area contributed by atoms with Crippen LogP contribution in [0.15, 0.2) is 36.4 Å². The molecule has 0 amide bonds. The van der Waals surface area contributed by atoms with Crippen molar-refractivity contribution >= 4 is 22.7 Å².